The van der Waals surface area contributed by atoms with Crippen LogP contribution in [0, 0.1) is 0 Å². The van der Waals surface area contributed by atoms with Crippen LogP contribution in [0.15, 0.2) is 30.3 Å². The van der Waals surface area contributed by atoms with Crippen LogP contribution in [0.5, 0.6) is 0 Å². The van der Waals surface area contributed by atoms with Gasteiger partial charge in [0.15, 0.2) is 0 Å². The zero-order valence-electron chi connectivity index (χ0n) is 13.1. The fraction of sp³-hybridized carbons (Fsp3) is 0.412. The van der Waals surface area contributed by atoms with E-state index < -0.39 is 0 Å². The van der Waals surface area contributed by atoms with Crippen LogP contribution in [0.25, 0.3) is 0 Å². The molecule has 1 heterocycles. The summed E-state index contributed by atoms with van der Waals surface area (Å²) in [5.74, 6) is 2.62. The molecule has 4 heteroatoms. The molecule has 21 heavy (non-hydrogen) atoms. The number of aryl methyl sites for hydroxylation is 2. The Hall–Kier alpha value is -2.10. The summed E-state index contributed by atoms with van der Waals surface area (Å²) >= 11 is 0. The number of nitrogens with zero attached hydrogens (tertiary/aromatic N) is 2. The predicted molar refractivity (Wildman–Crippen MR) is 88.7 cm³/mol. The highest BCUT2D eigenvalue weighted by Gasteiger charge is 2.04. The number of anilines is 2. The van der Waals surface area contributed by atoms with Crippen molar-refractivity contribution in [2.75, 3.05) is 17.2 Å². The van der Waals surface area contributed by atoms with Gasteiger partial charge in [0.1, 0.15) is 17.5 Å². The molecule has 0 bridgehead atoms. The highest BCUT2D eigenvalue weighted by Crippen LogP contribution is 2.15. The summed E-state index contributed by atoms with van der Waals surface area (Å²) in [7, 11) is 0. The van der Waals surface area contributed by atoms with Gasteiger partial charge in [0.25, 0.3) is 0 Å². The summed E-state index contributed by atoms with van der Waals surface area (Å²) in [5, 5.41) is 6.67. The molecule has 0 aliphatic heterocycles. The van der Waals surface area contributed by atoms with Gasteiger partial charge in [-0.25, -0.2) is 9.97 Å². The van der Waals surface area contributed by atoms with E-state index in [9.17, 15) is 0 Å². The summed E-state index contributed by atoms with van der Waals surface area (Å²) in [6.07, 6.45) is 1.88. The SMILES string of the molecule is CCNc1cc(NCc2ccccc2CC)nc(CC)n1. The minimum absolute atomic E-state index is 0.787. The minimum atomic E-state index is 0.787. The Morgan fingerprint density at radius 3 is 2.14 bits per heavy atom. The average molecular weight is 284 g/mol. The van der Waals surface area contributed by atoms with Crippen molar-refractivity contribution in [3.05, 3.63) is 47.3 Å². The van der Waals surface area contributed by atoms with Gasteiger partial charge >= 0.3 is 0 Å². The standard InChI is InChI=1S/C17H24N4/c1-4-13-9-7-8-10-14(13)12-19-17-11-16(18-6-3)20-15(5-2)21-17/h7-11H,4-6,12H2,1-3H3,(H2,18,19,20,21). The van der Waals surface area contributed by atoms with Crippen molar-refractivity contribution in [3.63, 3.8) is 0 Å². The van der Waals surface area contributed by atoms with Crippen LogP contribution in [0.1, 0.15) is 37.7 Å². The van der Waals surface area contributed by atoms with Gasteiger partial charge in [0, 0.05) is 25.6 Å². The van der Waals surface area contributed by atoms with Crippen LogP contribution in [0.2, 0.25) is 0 Å². The normalized spacial score (nSPS) is 10.4. The molecule has 0 unspecified atom stereocenters. The van der Waals surface area contributed by atoms with Gasteiger partial charge in [0.05, 0.1) is 0 Å². The summed E-state index contributed by atoms with van der Waals surface area (Å²) in [6.45, 7) is 7.97. The van der Waals surface area contributed by atoms with Crippen molar-refractivity contribution in [3.8, 4) is 0 Å². The molecule has 0 fully saturated rings. The molecular formula is C17H24N4. The third kappa shape index (κ3) is 4.18. The molecule has 1 aromatic carbocycles. The fourth-order valence-corrected chi connectivity index (χ4v) is 2.28. The zero-order chi connectivity index (χ0) is 15.1. The molecule has 4 nitrogen and oxygen atoms in total. The van der Waals surface area contributed by atoms with Gasteiger partial charge in [-0.05, 0) is 24.5 Å². The lowest BCUT2D eigenvalue weighted by atomic mass is 10.1. The van der Waals surface area contributed by atoms with E-state index in [-0.39, 0.29) is 0 Å². The van der Waals surface area contributed by atoms with Gasteiger partial charge in [-0.1, -0.05) is 38.1 Å². The van der Waals surface area contributed by atoms with Crippen molar-refractivity contribution in [1.29, 1.82) is 0 Å². The lowest BCUT2D eigenvalue weighted by Gasteiger charge is -2.12. The molecule has 0 atom stereocenters. The molecule has 2 N–H and O–H groups in total. The van der Waals surface area contributed by atoms with Crippen molar-refractivity contribution in [1.82, 2.24) is 9.97 Å². The first-order valence-corrected chi connectivity index (χ1v) is 7.69. The lowest BCUT2D eigenvalue weighted by molar-refractivity contribution is 0.927. The molecule has 0 saturated heterocycles. The maximum atomic E-state index is 4.54. The maximum absolute atomic E-state index is 4.54. The van der Waals surface area contributed by atoms with E-state index in [0.29, 0.717) is 0 Å². The van der Waals surface area contributed by atoms with Crippen LogP contribution >= 0.6 is 0 Å². The number of aromatic nitrogens is 2. The van der Waals surface area contributed by atoms with E-state index in [1.165, 1.54) is 11.1 Å². The molecule has 112 valence electrons. The van der Waals surface area contributed by atoms with Crippen molar-refractivity contribution in [2.24, 2.45) is 0 Å². The summed E-state index contributed by atoms with van der Waals surface area (Å²) in [5.41, 5.74) is 2.70. The van der Waals surface area contributed by atoms with Gasteiger partial charge < -0.3 is 10.6 Å². The smallest absolute Gasteiger partial charge is 0.132 e. The third-order valence-electron chi connectivity index (χ3n) is 3.41. The first-order chi connectivity index (χ1) is 10.3. The quantitative estimate of drug-likeness (QED) is 0.815. The van der Waals surface area contributed by atoms with Crippen molar-refractivity contribution >= 4 is 11.6 Å². The summed E-state index contributed by atoms with van der Waals surface area (Å²) in [6, 6.07) is 10.5. The Bertz CT molecular complexity index is 581. The summed E-state index contributed by atoms with van der Waals surface area (Å²) < 4.78 is 0. The van der Waals surface area contributed by atoms with E-state index >= 15 is 0 Å². The van der Waals surface area contributed by atoms with E-state index in [4.69, 9.17) is 0 Å². The number of rotatable bonds is 7. The summed E-state index contributed by atoms with van der Waals surface area (Å²) in [4.78, 5) is 9.01. The Morgan fingerprint density at radius 1 is 0.857 bits per heavy atom. The largest absolute Gasteiger partial charge is 0.370 e. The highest BCUT2D eigenvalue weighted by atomic mass is 15.1. The van der Waals surface area contributed by atoms with Crippen molar-refractivity contribution in [2.45, 2.75) is 40.2 Å². The number of hydrogen-bond donors (Lipinski definition) is 2. The second kappa shape index (κ2) is 7.62. The molecule has 0 radical (unpaired) electrons. The molecule has 0 aliphatic carbocycles. The third-order valence-corrected chi connectivity index (χ3v) is 3.41. The van der Waals surface area contributed by atoms with Gasteiger partial charge in [-0.3, -0.25) is 0 Å². The van der Waals surface area contributed by atoms with Crippen molar-refractivity contribution < 1.29 is 0 Å². The number of nitrogens with one attached hydrogen (secondary N) is 2. The van der Waals surface area contributed by atoms with Crippen LogP contribution in [0.4, 0.5) is 11.6 Å². The molecule has 1 aromatic heterocycles. The molecule has 2 aromatic rings. The van der Waals surface area contributed by atoms with E-state index in [1.807, 2.05) is 6.07 Å². The topological polar surface area (TPSA) is 49.8 Å². The van der Waals surface area contributed by atoms with Gasteiger partial charge in [-0.2, -0.15) is 0 Å². The Morgan fingerprint density at radius 2 is 1.52 bits per heavy atom. The molecule has 0 amide bonds. The fourth-order valence-electron chi connectivity index (χ4n) is 2.28. The second-order valence-electron chi connectivity index (χ2n) is 4.91. The molecular weight excluding hydrogens is 260 g/mol. The molecule has 0 aliphatic rings. The van der Waals surface area contributed by atoms with E-state index in [1.54, 1.807) is 0 Å². The Kier molecular flexibility index (Phi) is 5.55. The monoisotopic (exact) mass is 284 g/mol. The zero-order valence-corrected chi connectivity index (χ0v) is 13.1. The van der Waals surface area contributed by atoms with E-state index in [0.717, 1.165) is 43.4 Å². The second-order valence-corrected chi connectivity index (χ2v) is 4.91. The first kappa shape index (κ1) is 15.3. The minimum Gasteiger partial charge on any atom is -0.370 e. The first-order valence-electron chi connectivity index (χ1n) is 7.69. The molecule has 2 rings (SSSR count). The highest BCUT2D eigenvalue weighted by molar-refractivity contribution is 5.48. The molecule has 0 saturated carbocycles. The van der Waals surface area contributed by atoms with E-state index in [2.05, 4.69) is 65.6 Å². The maximum Gasteiger partial charge on any atom is 0.132 e. The predicted octanol–water partition coefficient (Wildman–Crippen LogP) is 3.65. The Labute approximate surface area is 127 Å². The van der Waals surface area contributed by atoms with Crippen LogP contribution in [-0.2, 0) is 19.4 Å². The van der Waals surface area contributed by atoms with Gasteiger partial charge in [-0.15, -0.1) is 0 Å². The Balaban J connectivity index is 2.13. The van der Waals surface area contributed by atoms with Crippen LogP contribution in [0.3, 0.4) is 0 Å². The number of benzene rings is 1. The lowest BCUT2D eigenvalue weighted by Crippen LogP contribution is -2.08. The average Bonchev–Trinajstić information content (AvgIpc) is 2.53. The molecule has 0 spiro atoms. The van der Waals surface area contributed by atoms with Gasteiger partial charge in [0.2, 0.25) is 0 Å². The van der Waals surface area contributed by atoms with Crippen LogP contribution in [-0.4, -0.2) is 16.5 Å². The number of hydrogen-bond acceptors (Lipinski definition) is 4. The van der Waals surface area contributed by atoms with Crippen LogP contribution < -0.4 is 10.6 Å².